The van der Waals surface area contributed by atoms with Crippen LogP contribution in [0.25, 0.3) is 0 Å². The highest BCUT2D eigenvalue weighted by molar-refractivity contribution is 5.98. The number of anilines is 1. The van der Waals surface area contributed by atoms with Gasteiger partial charge in [0, 0.05) is 24.7 Å². The predicted octanol–water partition coefficient (Wildman–Crippen LogP) is 3.46. The first-order valence-corrected chi connectivity index (χ1v) is 10.6. The smallest absolute Gasteiger partial charge is 0.254 e. The van der Waals surface area contributed by atoms with Gasteiger partial charge in [0.1, 0.15) is 11.9 Å². The van der Waals surface area contributed by atoms with E-state index in [2.05, 4.69) is 10.6 Å². The number of nitrogens with zero attached hydrogens (tertiary/aromatic N) is 1. The van der Waals surface area contributed by atoms with Crippen LogP contribution in [0.15, 0.2) is 54.6 Å². The number of piperidine rings is 1. The lowest BCUT2D eigenvalue weighted by atomic mass is 9.94. The third kappa shape index (κ3) is 5.69. The molecule has 3 amide bonds. The maximum Gasteiger partial charge on any atom is 0.254 e. The number of hydrogen-bond acceptors (Lipinski definition) is 3. The summed E-state index contributed by atoms with van der Waals surface area (Å²) in [7, 11) is 0. The molecule has 1 unspecified atom stereocenters. The SMILES string of the molecule is CC(C)C(NC(=O)c1ccccc1F)C(=O)N1CCC(C(=O)Nc2ccccc2)CC1. The van der Waals surface area contributed by atoms with Crippen LogP contribution in [-0.2, 0) is 9.59 Å². The second-order valence-corrected chi connectivity index (χ2v) is 8.13. The quantitative estimate of drug-likeness (QED) is 0.744. The van der Waals surface area contributed by atoms with Crippen LogP contribution in [-0.4, -0.2) is 41.8 Å². The van der Waals surface area contributed by atoms with Crippen molar-refractivity contribution in [2.45, 2.75) is 32.7 Å². The topological polar surface area (TPSA) is 78.5 Å². The molecule has 1 aliphatic rings. The molecule has 0 aromatic heterocycles. The maximum absolute atomic E-state index is 13.9. The van der Waals surface area contributed by atoms with Gasteiger partial charge in [0.05, 0.1) is 5.56 Å². The Balaban J connectivity index is 1.58. The van der Waals surface area contributed by atoms with Crippen molar-refractivity contribution in [3.8, 4) is 0 Å². The first kappa shape index (κ1) is 22.5. The third-order valence-electron chi connectivity index (χ3n) is 5.56. The minimum absolute atomic E-state index is 0.0495. The number of para-hydroxylation sites is 1. The summed E-state index contributed by atoms with van der Waals surface area (Å²) in [4.78, 5) is 39.8. The Morgan fingerprint density at radius 2 is 1.58 bits per heavy atom. The Labute approximate surface area is 181 Å². The molecule has 1 aliphatic heterocycles. The molecule has 3 rings (SSSR count). The van der Waals surface area contributed by atoms with E-state index in [4.69, 9.17) is 0 Å². The molecule has 1 fully saturated rings. The summed E-state index contributed by atoms with van der Waals surface area (Å²) in [6.07, 6.45) is 1.10. The van der Waals surface area contributed by atoms with Gasteiger partial charge in [-0.1, -0.05) is 44.2 Å². The molecule has 2 aromatic carbocycles. The predicted molar refractivity (Wildman–Crippen MR) is 117 cm³/mol. The summed E-state index contributed by atoms with van der Waals surface area (Å²) in [6.45, 7) is 4.55. The molecule has 0 bridgehead atoms. The first-order chi connectivity index (χ1) is 14.9. The highest BCUT2D eigenvalue weighted by Crippen LogP contribution is 2.21. The Hall–Kier alpha value is -3.22. The maximum atomic E-state index is 13.9. The van der Waals surface area contributed by atoms with E-state index in [0.29, 0.717) is 25.9 Å². The lowest BCUT2D eigenvalue weighted by molar-refractivity contribution is -0.137. The summed E-state index contributed by atoms with van der Waals surface area (Å²) >= 11 is 0. The Morgan fingerprint density at radius 1 is 0.968 bits per heavy atom. The summed E-state index contributed by atoms with van der Waals surface area (Å²) in [5, 5.41) is 5.60. The van der Waals surface area contributed by atoms with E-state index in [-0.39, 0.29) is 29.2 Å². The number of nitrogens with one attached hydrogen (secondary N) is 2. The van der Waals surface area contributed by atoms with Gasteiger partial charge in [-0.3, -0.25) is 14.4 Å². The van der Waals surface area contributed by atoms with E-state index >= 15 is 0 Å². The molecule has 2 aromatic rings. The molecular weight excluding hydrogens is 397 g/mol. The summed E-state index contributed by atoms with van der Waals surface area (Å²) in [5.74, 6) is -1.83. The monoisotopic (exact) mass is 425 g/mol. The van der Waals surface area contributed by atoms with Crippen LogP contribution in [0.1, 0.15) is 37.0 Å². The van der Waals surface area contributed by atoms with Crippen LogP contribution in [0.5, 0.6) is 0 Å². The molecule has 0 aliphatic carbocycles. The lowest BCUT2D eigenvalue weighted by Gasteiger charge is -2.35. The zero-order chi connectivity index (χ0) is 22.4. The van der Waals surface area contributed by atoms with Gasteiger partial charge < -0.3 is 15.5 Å². The van der Waals surface area contributed by atoms with E-state index in [0.717, 1.165) is 5.69 Å². The fourth-order valence-electron chi connectivity index (χ4n) is 3.70. The Bertz CT molecular complexity index is 925. The Morgan fingerprint density at radius 3 is 2.19 bits per heavy atom. The molecule has 7 heteroatoms. The fraction of sp³-hybridized carbons (Fsp3) is 0.375. The molecule has 31 heavy (non-hydrogen) atoms. The number of carbonyl (C=O) groups is 3. The van der Waals surface area contributed by atoms with Crippen LogP contribution in [0.4, 0.5) is 10.1 Å². The molecule has 1 heterocycles. The second-order valence-electron chi connectivity index (χ2n) is 8.13. The van der Waals surface area contributed by atoms with Crippen molar-refractivity contribution < 1.29 is 18.8 Å². The zero-order valence-electron chi connectivity index (χ0n) is 17.8. The molecule has 6 nitrogen and oxygen atoms in total. The van der Waals surface area contributed by atoms with Crippen molar-refractivity contribution in [1.29, 1.82) is 0 Å². The second kappa shape index (κ2) is 10.2. The normalized spacial score (nSPS) is 15.4. The molecule has 1 saturated heterocycles. The standard InChI is InChI=1S/C24H28FN3O3/c1-16(2)21(27-23(30)19-10-6-7-11-20(19)25)24(31)28-14-12-17(13-15-28)22(29)26-18-8-4-3-5-9-18/h3-11,16-17,21H,12-15H2,1-2H3,(H,26,29)(H,27,30). The highest BCUT2D eigenvalue weighted by atomic mass is 19.1. The highest BCUT2D eigenvalue weighted by Gasteiger charge is 2.33. The van der Waals surface area contributed by atoms with Crippen LogP contribution in [0.2, 0.25) is 0 Å². The number of hydrogen-bond donors (Lipinski definition) is 2. The van der Waals surface area contributed by atoms with Gasteiger partial charge in [-0.25, -0.2) is 4.39 Å². The van der Waals surface area contributed by atoms with Crippen LogP contribution in [0.3, 0.4) is 0 Å². The van der Waals surface area contributed by atoms with Gasteiger partial charge in [0.25, 0.3) is 5.91 Å². The molecule has 2 N–H and O–H groups in total. The van der Waals surface area contributed by atoms with Gasteiger partial charge >= 0.3 is 0 Å². The van der Waals surface area contributed by atoms with Gasteiger partial charge in [0.2, 0.25) is 11.8 Å². The van der Waals surface area contributed by atoms with Crippen molar-refractivity contribution in [3.63, 3.8) is 0 Å². The summed E-state index contributed by atoms with van der Waals surface area (Å²) < 4.78 is 13.9. The number of amides is 3. The third-order valence-corrected chi connectivity index (χ3v) is 5.56. The minimum Gasteiger partial charge on any atom is -0.341 e. The van der Waals surface area contributed by atoms with E-state index in [1.54, 1.807) is 11.0 Å². The minimum atomic E-state index is -0.762. The molecule has 1 atom stereocenters. The van der Waals surface area contributed by atoms with E-state index in [1.807, 2.05) is 44.2 Å². The lowest BCUT2D eigenvalue weighted by Crippen LogP contribution is -2.53. The number of benzene rings is 2. The zero-order valence-corrected chi connectivity index (χ0v) is 17.8. The van der Waals surface area contributed by atoms with Crippen molar-refractivity contribution in [2.75, 3.05) is 18.4 Å². The van der Waals surface area contributed by atoms with Gasteiger partial charge in [-0.2, -0.15) is 0 Å². The molecule has 0 saturated carbocycles. The number of rotatable bonds is 6. The fourth-order valence-corrected chi connectivity index (χ4v) is 3.70. The van der Waals surface area contributed by atoms with Crippen LogP contribution in [0, 0.1) is 17.7 Å². The average molecular weight is 426 g/mol. The molecule has 0 radical (unpaired) electrons. The summed E-state index contributed by atoms with van der Waals surface area (Å²) in [6, 6.07) is 14.2. The number of halogens is 1. The van der Waals surface area contributed by atoms with E-state index in [1.165, 1.54) is 18.2 Å². The van der Waals surface area contributed by atoms with E-state index < -0.39 is 17.8 Å². The Kier molecular flexibility index (Phi) is 7.39. The van der Waals surface area contributed by atoms with Crippen LogP contribution >= 0.6 is 0 Å². The van der Waals surface area contributed by atoms with Crippen molar-refractivity contribution in [2.24, 2.45) is 11.8 Å². The summed E-state index contributed by atoms with van der Waals surface area (Å²) in [5.41, 5.74) is 0.666. The molecule has 0 spiro atoms. The first-order valence-electron chi connectivity index (χ1n) is 10.6. The van der Waals surface area contributed by atoms with Crippen molar-refractivity contribution in [1.82, 2.24) is 10.2 Å². The number of likely N-dealkylation sites (tertiary alicyclic amines) is 1. The van der Waals surface area contributed by atoms with Crippen molar-refractivity contribution >= 4 is 23.4 Å². The average Bonchev–Trinajstić information content (AvgIpc) is 2.77. The van der Waals surface area contributed by atoms with Gasteiger partial charge in [-0.05, 0) is 43.0 Å². The largest absolute Gasteiger partial charge is 0.341 e. The molecule has 164 valence electrons. The van der Waals surface area contributed by atoms with Gasteiger partial charge in [-0.15, -0.1) is 0 Å². The van der Waals surface area contributed by atoms with Crippen molar-refractivity contribution in [3.05, 3.63) is 66.0 Å². The number of carbonyl (C=O) groups excluding carboxylic acids is 3. The van der Waals surface area contributed by atoms with Crippen LogP contribution < -0.4 is 10.6 Å². The van der Waals surface area contributed by atoms with E-state index in [9.17, 15) is 18.8 Å². The molecular formula is C24H28FN3O3. The van der Waals surface area contributed by atoms with Gasteiger partial charge in [0.15, 0.2) is 0 Å².